The highest BCUT2D eigenvalue weighted by molar-refractivity contribution is 5.79. The number of amides is 1. The summed E-state index contributed by atoms with van der Waals surface area (Å²) in [5.41, 5.74) is 0. The number of hydrogen-bond donors (Lipinski definition) is 2. The van der Waals surface area contributed by atoms with E-state index in [-0.39, 0.29) is 0 Å². The Labute approximate surface area is 72.6 Å². The van der Waals surface area contributed by atoms with E-state index in [4.69, 9.17) is 0 Å². The Bertz CT molecular complexity index is 274. The highest BCUT2D eigenvalue weighted by atomic mass is 19.3. The minimum absolute atomic E-state index is 0.342. The van der Waals surface area contributed by atoms with Crippen LogP contribution in [0.25, 0.3) is 0 Å². The maximum atomic E-state index is 11.8. The Morgan fingerprint density at radius 2 is 2.38 bits per heavy atom. The average molecular weight is 190 g/mol. The Hall–Kier alpha value is -1.53. The molecule has 5 nitrogen and oxygen atoms in total. The number of aromatic nitrogens is 3. The summed E-state index contributed by atoms with van der Waals surface area (Å²) in [5, 5.41) is 8.04. The third kappa shape index (κ3) is 2.46. The third-order valence-electron chi connectivity index (χ3n) is 1.40. The van der Waals surface area contributed by atoms with Crippen LogP contribution < -0.4 is 5.32 Å². The predicted molar refractivity (Wildman–Crippen MR) is 38.9 cm³/mol. The van der Waals surface area contributed by atoms with Gasteiger partial charge < -0.3 is 5.32 Å². The van der Waals surface area contributed by atoms with Crippen LogP contribution in [-0.2, 0) is 4.79 Å². The molecule has 72 valence electrons. The first-order chi connectivity index (χ1) is 6.11. The van der Waals surface area contributed by atoms with Crippen LogP contribution in [0.15, 0.2) is 6.33 Å². The van der Waals surface area contributed by atoms with Gasteiger partial charge in [-0.15, -0.1) is 0 Å². The lowest BCUT2D eigenvalue weighted by Crippen LogP contribution is -2.32. The Kier molecular flexibility index (Phi) is 2.88. The molecule has 0 radical (unpaired) electrons. The molecular weight excluding hydrogens is 182 g/mol. The molecule has 1 aromatic rings. The second-order valence-corrected chi connectivity index (χ2v) is 2.40. The molecule has 1 amide bonds. The van der Waals surface area contributed by atoms with Crippen molar-refractivity contribution in [3.8, 4) is 0 Å². The molecule has 0 aliphatic carbocycles. The molecule has 1 aromatic heterocycles. The SMILES string of the molecule is CC(NC(=O)C(F)F)c1ncn[nH]1. The van der Waals surface area contributed by atoms with Gasteiger partial charge in [0.15, 0.2) is 0 Å². The molecule has 0 aliphatic heterocycles. The number of aromatic amines is 1. The summed E-state index contributed by atoms with van der Waals surface area (Å²) in [4.78, 5) is 14.2. The Morgan fingerprint density at radius 3 is 2.85 bits per heavy atom. The molecule has 1 atom stereocenters. The van der Waals surface area contributed by atoms with E-state index in [9.17, 15) is 13.6 Å². The van der Waals surface area contributed by atoms with Crippen molar-refractivity contribution in [3.63, 3.8) is 0 Å². The van der Waals surface area contributed by atoms with Crippen LogP contribution >= 0.6 is 0 Å². The molecule has 1 unspecified atom stereocenters. The summed E-state index contributed by atoms with van der Waals surface area (Å²) in [7, 11) is 0. The second kappa shape index (κ2) is 3.92. The van der Waals surface area contributed by atoms with Gasteiger partial charge in [0.1, 0.15) is 12.2 Å². The normalized spacial score (nSPS) is 12.9. The summed E-state index contributed by atoms with van der Waals surface area (Å²) in [6, 6.07) is -0.594. The molecule has 0 saturated carbocycles. The Morgan fingerprint density at radius 1 is 1.69 bits per heavy atom. The van der Waals surface area contributed by atoms with Crippen molar-refractivity contribution in [2.45, 2.75) is 19.4 Å². The van der Waals surface area contributed by atoms with Gasteiger partial charge in [0.25, 0.3) is 5.91 Å². The molecule has 13 heavy (non-hydrogen) atoms. The van der Waals surface area contributed by atoms with Crippen molar-refractivity contribution in [1.29, 1.82) is 0 Å². The molecule has 0 fully saturated rings. The van der Waals surface area contributed by atoms with Crippen molar-refractivity contribution in [3.05, 3.63) is 12.2 Å². The van der Waals surface area contributed by atoms with Crippen molar-refractivity contribution in [1.82, 2.24) is 20.5 Å². The van der Waals surface area contributed by atoms with E-state index in [1.807, 2.05) is 0 Å². The maximum absolute atomic E-state index is 11.8. The van der Waals surface area contributed by atoms with E-state index in [0.717, 1.165) is 0 Å². The van der Waals surface area contributed by atoms with Gasteiger partial charge >= 0.3 is 6.43 Å². The van der Waals surface area contributed by atoms with E-state index in [0.29, 0.717) is 5.82 Å². The average Bonchev–Trinajstić information content (AvgIpc) is 2.55. The molecule has 0 spiro atoms. The second-order valence-electron chi connectivity index (χ2n) is 2.40. The minimum Gasteiger partial charge on any atom is -0.341 e. The first kappa shape index (κ1) is 9.56. The molecule has 7 heteroatoms. The molecule has 0 saturated heterocycles. The lowest BCUT2D eigenvalue weighted by molar-refractivity contribution is -0.132. The number of carbonyl (C=O) groups excluding carboxylic acids is 1. The first-order valence-corrected chi connectivity index (χ1v) is 3.55. The zero-order valence-electron chi connectivity index (χ0n) is 6.79. The highest BCUT2D eigenvalue weighted by Crippen LogP contribution is 2.05. The number of halogens is 2. The zero-order valence-corrected chi connectivity index (χ0v) is 6.79. The third-order valence-corrected chi connectivity index (χ3v) is 1.40. The van der Waals surface area contributed by atoms with Crippen LogP contribution in [0.2, 0.25) is 0 Å². The zero-order chi connectivity index (χ0) is 9.84. The van der Waals surface area contributed by atoms with Crippen molar-refractivity contribution in [2.75, 3.05) is 0 Å². The quantitative estimate of drug-likeness (QED) is 0.717. The molecular formula is C6H8F2N4O. The first-order valence-electron chi connectivity index (χ1n) is 3.55. The smallest absolute Gasteiger partial charge is 0.315 e. The van der Waals surface area contributed by atoms with E-state index in [1.165, 1.54) is 13.3 Å². The number of H-pyrrole nitrogens is 1. The van der Waals surface area contributed by atoms with E-state index >= 15 is 0 Å². The summed E-state index contributed by atoms with van der Waals surface area (Å²) in [5.74, 6) is -0.974. The molecule has 1 heterocycles. The molecule has 2 N–H and O–H groups in total. The highest BCUT2D eigenvalue weighted by Gasteiger charge is 2.19. The van der Waals surface area contributed by atoms with Gasteiger partial charge in [-0.2, -0.15) is 13.9 Å². The fourth-order valence-electron chi connectivity index (χ4n) is 0.768. The summed E-state index contributed by atoms with van der Waals surface area (Å²) < 4.78 is 23.5. The summed E-state index contributed by atoms with van der Waals surface area (Å²) >= 11 is 0. The number of hydrogen-bond acceptors (Lipinski definition) is 3. The van der Waals surface area contributed by atoms with Gasteiger partial charge in [-0.3, -0.25) is 9.89 Å². The standard InChI is InChI=1S/C6H8F2N4O/c1-3(5-9-2-10-12-5)11-6(13)4(7)8/h2-4H,1H3,(H,11,13)(H,9,10,12). The van der Waals surface area contributed by atoms with Crippen LogP contribution in [0.4, 0.5) is 8.78 Å². The van der Waals surface area contributed by atoms with Gasteiger partial charge in [-0.1, -0.05) is 0 Å². The number of nitrogens with one attached hydrogen (secondary N) is 2. The summed E-state index contributed by atoms with van der Waals surface area (Å²) in [6.07, 6.45) is -1.77. The van der Waals surface area contributed by atoms with Gasteiger partial charge in [0, 0.05) is 0 Å². The lowest BCUT2D eigenvalue weighted by Gasteiger charge is -2.09. The van der Waals surface area contributed by atoms with Crippen molar-refractivity contribution in [2.24, 2.45) is 0 Å². The van der Waals surface area contributed by atoms with E-state index < -0.39 is 18.4 Å². The number of carbonyl (C=O) groups is 1. The van der Waals surface area contributed by atoms with Crippen LogP contribution in [0.5, 0.6) is 0 Å². The van der Waals surface area contributed by atoms with E-state index in [2.05, 4.69) is 20.5 Å². The lowest BCUT2D eigenvalue weighted by atomic mass is 10.3. The minimum atomic E-state index is -3.01. The summed E-state index contributed by atoms with van der Waals surface area (Å²) in [6.45, 7) is 1.53. The van der Waals surface area contributed by atoms with E-state index in [1.54, 1.807) is 0 Å². The van der Waals surface area contributed by atoms with Gasteiger partial charge in [0.2, 0.25) is 0 Å². The van der Waals surface area contributed by atoms with Crippen LogP contribution in [-0.4, -0.2) is 27.5 Å². The predicted octanol–water partition coefficient (Wildman–Crippen LogP) is 0.247. The molecule has 1 rings (SSSR count). The fourth-order valence-corrected chi connectivity index (χ4v) is 0.768. The molecule has 0 bridgehead atoms. The topological polar surface area (TPSA) is 70.7 Å². The van der Waals surface area contributed by atoms with Gasteiger partial charge in [0.05, 0.1) is 6.04 Å². The van der Waals surface area contributed by atoms with Crippen molar-refractivity contribution < 1.29 is 13.6 Å². The Balaban J connectivity index is 2.51. The number of alkyl halides is 2. The molecule has 0 aromatic carbocycles. The van der Waals surface area contributed by atoms with Gasteiger partial charge in [-0.05, 0) is 6.92 Å². The number of rotatable bonds is 3. The van der Waals surface area contributed by atoms with Crippen LogP contribution in [0, 0.1) is 0 Å². The molecule has 0 aliphatic rings. The van der Waals surface area contributed by atoms with Gasteiger partial charge in [-0.25, -0.2) is 4.98 Å². The number of nitrogens with zero attached hydrogens (tertiary/aromatic N) is 2. The van der Waals surface area contributed by atoms with Crippen LogP contribution in [0.1, 0.15) is 18.8 Å². The van der Waals surface area contributed by atoms with Crippen LogP contribution in [0.3, 0.4) is 0 Å². The maximum Gasteiger partial charge on any atom is 0.315 e. The largest absolute Gasteiger partial charge is 0.341 e. The monoisotopic (exact) mass is 190 g/mol. The fraction of sp³-hybridized carbons (Fsp3) is 0.500. The van der Waals surface area contributed by atoms with Crippen molar-refractivity contribution >= 4 is 5.91 Å².